The van der Waals surface area contributed by atoms with Crippen molar-refractivity contribution in [2.75, 3.05) is 26.3 Å². The molecule has 0 aromatic heterocycles. The first-order chi connectivity index (χ1) is 12.0. The Hall–Kier alpha value is -2.12. The van der Waals surface area contributed by atoms with E-state index in [0.717, 1.165) is 18.4 Å². The molecule has 0 bridgehead atoms. The second kappa shape index (κ2) is 7.41. The lowest BCUT2D eigenvalue weighted by Gasteiger charge is -2.47. The van der Waals surface area contributed by atoms with E-state index >= 15 is 0 Å². The van der Waals surface area contributed by atoms with Crippen molar-refractivity contribution in [3.05, 3.63) is 35.4 Å². The molecule has 2 N–H and O–H groups in total. The van der Waals surface area contributed by atoms with Crippen LogP contribution in [0.2, 0.25) is 0 Å². The molecular weight excluding hydrogens is 324 g/mol. The minimum Gasteiger partial charge on any atom is -0.478 e. The molecule has 1 atom stereocenters. The van der Waals surface area contributed by atoms with Gasteiger partial charge in [0.05, 0.1) is 23.8 Å². The maximum atomic E-state index is 12.6. The van der Waals surface area contributed by atoms with Gasteiger partial charge in [0.1, 0.15) is 0 Å². The molecule has 1 unspecified atom stereocenters. The molecule has 2 aliphatic heterocycles. The minimum absolute atomic E-state index is 0.00699. The van der Waals surface area contributed by atoms with E-state index in [4.69, 9.17) is 14.6 Å². The zero-order valence-corrected chi connectivity index (χ0v) is 14.4. The van der Waals surface area contributed by atoms with Crippen LogP contribution >= 0.6 is 0 Å². The number of rotatable bonds is 3. The first kappa shape index (κ1) is 17.7. The van der Waals surface area contributed by atoms with Crippen LogP contribution < -0.4 is 5.32 Å². The number of amides is 2. The zero-order chi connectivity index (χ0) is 17.9. The number of hydrogen-bond donors (Lipinski definition) is 2. The minimum atomic E-state index is -0.959. The molecule has 1 spiro atoms. The molecule has 2 fully saturated rings. The van der Waals surface area contributed by atoms with Gasteiger partial charge in [-0.25, -0.2) is 9.59 Å². The molecule has 2 amide bonds. The number of carboxylic acid groups (broad SMARTS) is 1. The van der Waals surface area contributed by atoms with Crippen molar-refractivity contribution in [3.8, 4) is 0 Å². The van der Waals surface area contributed by atoms with Crippen molar-refractivity contribution in [1.82, 2.24) is 10.2 Å². The third kappa shape index (κ3) is 4.29. The zero-order valence-electron chi connectivity index (χ0n) is 14.4. The summed E-state index contributed by atoms with van der Waals surface area (Å²) in [6, 6.07) is 6.38. The van der Waals surface area contributed by atoms with Crippen molar-refractivity contribution in [1.29, 1.82) is 0 Å². The molecule has 7 nitrogen and oxygen atoms in total. The Morgan fingerprint density at radius 1 is 1.28 bits per heavy atom. The van der Waals surface area contributed by atoms with E-state index in [1.807, 2.05) is 11.8 Å². The van der Waals surface area contributed by atoms with Gasteiger partial charge in [-0.15, -0.1) is 0 Å². The van der Waals surface area contributed by atoms with Crippen molar-refractivity contribution in [2.45, 2.75) is 38.0 Å². The summed E-state index contributed by atoms with van der Waals surface area (Å²) >= 11 is 0. The lowest BCUT2D eigenvalue weighted by Crippen LogP contribution is -2.60. The summed E-state index contributed by atoms with van der Waals surface area (Å²) in [5, 5.41) is 11.8. The van der Waals surface area contributed by atoms with E-state index < -0.39 is 5.97 Å². The predicted octanol–water partition coefficient (Wildman–Crippen LogP) is 1.86. The second-order valence-corrected chi connectivity index (χ2v) is 6.77. The molecule has 2 aliphatic rings. The fourth-order valence-corrected chi connectivity index (χ4v) is 3.45. The highest BCUT2D eigenvalue weighted by molar-refractivity contribution is 5.87. The monoisotopic (exact) mass is 348 g/mol. The number of carbonyl (C=O) groups excluding carboxylic acids is 1. The van der Waals surface area contributed by atoms with Gasteiger partial charge in [-0.2, -0.15) is 0 Å². The average molecular weight is 348 g/mol. The molecule has 0 saturated carbocycles. The van der Waals surface area contributed by atoms with Crippen LogP contribution in [0.5, 0.6) is 0 Å². The number of aromatic carboxylic acids is 1. The highest BCUT2D eigenvalue weighted by Crippen LogP contribution is 2.31. The van der Waals surface area contributed by atoms with Crippen LogP contribution in [0.4, 0.5) is 4.79 Å². The molecule has 0 radical (unpaired) electrons. The third-order valence-corrected chi connectivity index (χ3v) is 4.74. The summed E-state index contributed by atoms with van der Waals surface area (Å²) in [6.07, 6.45) is 1.60. The van der Waals surface area contributed by atoms with Crippen LogP contribution in [0.3, 0.4) is 0 Å². The summed E-state index contributed by atoms with van der Waals surface area (Å²) in [5.41, 5.74) is 0.801. The Morgan fingerprint density at radius 2 is 1.96 bits per heavy atom. The standard InChI is InChI=1S/C18H24N2O5/c1-13-11-20(12-18(25-13)6-8-24-9-7-18)17(23)19-10-14-2-4-15(5-3-14)16(21)22/h2-5,13H,6-12H2,1H3,(H,19,23)(H,21,22). The lowest BCUT2D eigenvalue weighted by molar-refractivity contribution is -0.175. The summed E-state index contributed by atoms with van der Waals surface area (Å²) < 4.78 is 11.6. The predicted molar refractivity (Wildman–Crippen MR) is 90.5 cm³/mol. The number of nitrogens with one attached hydrogen (secondary N) is 1. The number of carboxylic acids is 1. The fraction of sp³-hybridized carbons (Fsp3) is 0.556. The van der Waals surface area contributed by atoms with Gasteiger partial charge in [-0.3, -0.25) is 0 Å². The van der Waals surface area contributed by atoms with E-state index in [0.29, 0.717) is 32.8 Å². The van der Waals surface area contributed by atoms with Crippen molar-refractivity contribution >= 4 is 12.0 Å². The maximum Gasteiger partial charge on any atom is 0.335 e. The Bertz CT molecular complexity index is 625. The molecule has 2 heterocycles. The van der Waals surface area contributed by atoms with Gasteiger partial charge in [0.25, 0.3) is 0 Å². The van der Waals surface area contributed by atoms with Gasteiger partial charge in [-0.05, 0) is 24.6 Å². The summed E-state index contributed by atoms with van der Waals surface area (Å²) in [4.78, 5) is 25.2. The Labute approximate surface area is 146 Å². The SMILES string of the molecule is CC1CN(C(=O)NCc2ccc(C(=O)O)cc2)CC2(CCOCC2)O1. The van der Waals surface area contributed by atoms with E-state index in [-0.39, 0.29) is 23.3 Å². The number of ether oxygens (including phenoxy) is 2. The number of urea groups is 1. The Morgan fingerprint density at radius 3 is 2.60 bits per heavy atom. The van der Waals surface area contributed by atoms with Gasteiger partial charge in [0.2, 0.25) is 0 Å². The molecule has 7 heteroatoms. The summed E-state index contributed by atoms with van der Waals surface area (Å²) in [5.74, 6) is -0.959. The molecule has 2 saturated heterocycles. The molecule has 1 aromatic carbocycles. The second-order valence-electron chi connectivity index (χ2n) is 6.77. The fourth-order valence-electron chi connectivity index (χ4n) is 3.45. The van der Waals surface area contributed by atoms with Crippen molar-refractivity contribution in [3.63, 3.8) is 0 Å². The molecule has 3 rings (SSSR count). The largest absolute Gasteiger partial charge is 0.478 e. The van der Waals surface area contributed by atoms with Crippen LogP contribution in [-0.4, -0.2) is 60.0 Å². The molecule has 25 heavy (non-hydrogen) atoms. The van der Waals surface area contributed by atoms with Gasteiger partial charge in [-0.1, -0.05) is 12.1 Å². The number of hydrogen-bond acceptors (Lipinski definition) is 4. The van der Waals surface area contributed by atoms with Crippen LogP contribution in [0.25, 0.3) is 0 Å². The topological polar surface area (TPSA) is 88.1 Å². The highest BCUT2D eigenvalue weighted by Gasteiger charge is 2.42. The third-order valence-electron chi connectivity index (χ3n) is 4.74. The van der Waals surface area contributed by atoms with Crippen LogP contribution in [0.15, 0.2) is 24.3 Å². The smallest absolute Gasteiger partial charge is 0.335 e. The number of morpholine rings is 1. The molecular formula is C18H24N2O5. The van der Waals surface area contributed by atoms with Crippen LogP contribution in [0.1, 0.15) is 35.7 Å². The van der Waals surface area contributed by atoms with Gasteiger partial charge in [0.15, 0.2) is 0 Å². The van der Waals surface area contributed by atoms with Crippen molar-refractivity contribution in [2.24, 2.45) is 0 Å². The normalized spacial score (nSPS) is 22.6. The number of carbonyl (C=O) groups is 2. The summed E-state index contributed by atoms with van der Waals surface area (Å²) in [7, 11) is 0. The number of nitrogens with zero attached hydrogens (tertiary/aromatic N) is 1. The number of benzene rings is 1. The Kier molecular flexibility index (Phi) is 5.24. The van der Waals surface area contributed by atoms with E-state index in [1.54, 1.807) is 12.1 Å². The quantitative estimate of drug-likeness (QED) is 0.870. The average Bonchev–Trinajstić information content (AvgIpc) is 2.60. The van der Waals surface area contributed by atoms with E-state index in [2.05, 4.69) is 5.32 Å². The van der Waals surface area contributed by atoms with E-state index in [1.165, 1.54) is 12.1 Å². The Balaban J connectivity index is 1.57. The van der Waals surface area contributed by atoms with Crippen LogP contribution in [-0.2, 0) is 16.0 Å². The summed E-state index contributed by atoms with van der Waals surface area (Å²) in [6.45, 7) is 4.81. The van der Waals surface area contributed by atoms with Crippen molar-refractivity contribution < 1.29 is 24.2 Å². The first-order valence-electron chi connectivity index (χ1n) is 8.58. The highest BCUT2D eigenvalue weighted by atomic mass is 16.5. The first-order valence-corrected chi connectivity index (χ1v) is 8.58. The van der Waals surface area contributed by atoms with Gasteiger partial charge in [0, 0.05) is 39.1 Å². The molecule has 1 aromatic rings. The van der Waals surface area contributed by atoms with Gasteiger partial charge >= 0.3 is 12.0 Å². The van der Waals surface area contributed by atoms with E-state index in [9.17, 15) is 9.59 Å². The molecule has 0 aliphatic carbocycles. The van der Waals surface area contributed by atoms with Crippen LogP contribution in [0, 0.1) is 0 Å². The van der Waals surface area contributed by atoms with Gasteiger partial charge < -0.3 is 24.8 Å². The lowest BCUT2D eigenvalue weighted by atomic mass is 9.91. The maximum absolute atomic E-state index is 12.6. The molecule has 136 valence electrons.